The molecule has 0 bridgehead atoms. The fraction of sp³-hybridized carbons (Fsp3) is 0.100. The van der Waals surface area contributed by atoms with Gasteiger partial charge in [0, 0.05) is 12.7 Å². The van der Waals surface area contributed by atoms with Crippen molar-refractivity contribution >= 4 is 46.8 Å². The van der Waals surface area contributed by atoms with Crippen LogP contribution in [0.15, 0.2) is 58.3 Å². The van der Waals surface area contributed by atoms with Gasteiger partial charge in [-0.05, 0) is 40.1 Å². The van der Waals surface area contributed by atoms with Gasteiger partial charge in [0.05, 0.1) is 28.5 Å². The molecule has 0 saturated carbocycles. The number of nitrogens with one attached hydrogen (secondary N) is 1. The number of nitrogens with zero attached hydrogens (tertiary/aromatic N) is 7. The summed E-state index contributed by atoms with van der Waals surface area (Å²) < 4.78 is 5.98. The van der Waals surface area contributed by atoms with Crippen LogP contribution in [0.3, 0.4) is 0 Å². The third-order valence-corrected chi connectivity index (χ3v) is 5.32. The third kappa shape index (κ3) is 4.94. The molecule has 11 nitrogen and oxygen atoms in total. The lowest BCUT2D eigenvalue weighted by atomic mass is 10.2. The van der Waals surface area contributed by atoms with Crippen LogP contribution >= 0.6 is 23.2 Å². The van der Waals surface area contributed by atoms with Crippen LogP contribution < -0.4 is 16.1 Å². The highest BCUT2D eigenvalue weighted by Gasteiger charge is 2.25. The summed E-state index contributed by atoms with van der Waals surface area (Å²) in [5, 5.41) is 20.1. The van der Waals surface area contributed by atoms with Crippen molar-refractivity contribution in [2.45, 2.75) is 6.54 Å². The number of carbonyl (C=O) groups is 1. The van der Waals surface area contributed by atoms with E-state index in [0.29, 0.717) is 21.3 Å². The quantitative estimate of drug-likeness (QED) is 0.300. The number of para-hydroxylation sites is 1. The average Bonchev–Trinajstić information content (AvgIpc) is 3.42. The number of carbonyl (C=O) groups excluding carboxylic acids is 1. The van der Waals surface area contributed by atoms with Gasteiger partial charge in [0.2, 0.25) is 11.6 Å². The van der Waals surface area contributed by atoms with Crippen molar-refractivity contribution in [2.24, 2.45) is 5.10 Å². The Hall–Kier alpha value is -3.96. The number of nitrogens with two attached hydrogens (primary N) is 1. The number of nitrogen functional groups attached to an aromatic ring is 1. The Kier molecular flexibility index (Phi) is 6.52. The zero-order valence-electron chi connectivity index (χ0n) is 17.2. The molecule has 3 N–H and O–H groups in total. The summed E-state index contributed by atoms with van der Waals surface area (Å²) >= 11 is 11.9. The Morgan fingerprint density at radius 2 is 2.00 bits per heavy atom. The molecule has 2 aromatic carbocycles. The Labute approximate surface area is 197 Å². The van der Waals surface area contributed by atoms with E-state index in [9.17, 15) is 4.79 Å². The number of hydrogen-bond acceptors (Lipinski definition) is 9. The zero-order chi connectivity index (χ0) is 23.4. The van der Waals surface area contributed by atoms with Crippen molar-refractivity contribution in [2.75, 3.05) is 17.7 Å². The summed E-state index contributed by atoms with van der Waals surface area (Å²) in [4.78, 5) is 14.8. The molecule has 0 spiro atoms. The van der Waals surface area contributed by atoms with Gasteiger partial charge in [-0.25, -0.2) is 10.1 Å². The molecule has 13 heteroatoms. The molecule has 0 atom stereocenters. The van der Waals surface area contributed by atoms with Crippen LogP contribution in [-0.2, 0) is 6.54 Å². The van der Waals surface area contributed by atoms with Crippen LogP contribution in [-0.4, -0.2) is 44.5 Å². The lowest BCUT2D eigenvalue weighted by molar-refractivity contribution is 0.0949. The van der Waals surface area contributed by atoms with Crippen molar-refractivity contribution in [3.05, 3.63) is 75.5 Å². The molecule has 0 saturated heterocycles. The zero-order valence-corrected chi connectivity index (χ0v) is 18.7. The lowest BCUT2D eigenvalue weighted by Gasteiger charge is -2.19. The minimum Gasteiger partial charge on any atom is -0.378 e. The molecule has 168 valence electrons. The van der Waals surface area contributed by atoms with E-state index in [2.05, 4.69) is 35.8 Å². The molecule has 2 aromatic heterocycles. The van der Waals surface area contributed by atoms with E-state index >= 15 is 0 Å². The van der Waals surface area contributed by atoms with Crippen LogP contribution in [0.1, 0.15) is 21.7 Å². The second-order valence-electron chi connectivity index (χ2n) is 6.83. The summed E-state index contributed by atoms with van der Waals surface area (Å²) in [6.45, 7) is 0.253. The normalized spacial score (nSPS) is 11.1. The number of benzene rings is 2. The first-order valence-corrected chi connectivity index (χ1v) is 10.3. The summed E-state index contributed by atoms with van der Waals surface area (Å²) in [6, 6.07) is 14.6. The second-order valence-corrected chi connectivity index (χ2v) is 7.65. The number of rotatable bonds is 7. The molecule has 0 aliphatic heterocycles. The predicted octanol–water partition coefficient (Wildman–Crippen LogP) is 2.94. The van der Waals surface area contributed by atoms with Crippen LogP contribution in [0.2, 0.25) is 10.0 Å². The lowest BCUT2D eigenvalue weighted by Crippen LogP contribution is -2.24. The number of halogens is 2. The van der Waals surface area contributed by atoms with Crippen molar-refractivity contribution in [3.63, 3.8) is 0 Å². The smallest absolute Gasteiger partial charge is 0.293 e. The predicted molar refractivity (Wildman–Crippen MR) is 124 cm³/mol. The van der Waals surface area contributed by atoms with E-state index in [-0.39, 0.29) is 23.9 Å². The fourth-order valence-corrected chi connectivity index (χ4v) is 3.24. The highest BCUT2D eigenvalue weighted by Crippen LogP contribution is 2.22. The highest BCUT2D eigenvalue weighted by atomic mass is 35.5. The van der Waals surface area contributed by atoms with E-state index in [1.807, 2.05) is 42.3 Å². The molecule has 0 aliphatic carbocycles. The standard InChI is InChI=1S/C20H17Cl2N9O2/c1-30(13-5-3-2-4-6-13)11-16-17(25-29-31(16)19-18(23)27-33-28-19)20(32)26-24-10-12-7-8-14(21)15(22)9-12/h2-10H,11H2,1H3,(H2,23,27)(H,26,32)/b24-10-. The number of amides is 1. The largest absolute Gasteiger partial charge is 0.378 e. The van der Waals surface area contributed by atoms with Gasteiger partial charge in [-0.3, -0.25) is 4.79 Å². The molecule has 4 aromatic rings. The first-order valence-electron chi connectivity index (χ1n) is 9.51. The monoisotopic (exact) mass is 485 g/mol. The van der Waals surface area contributed by atoms with Gasteiger partial charge in [-0.1, -0.05) is 52.7 Å². The first kappa shape index (κ1) is 22.2. The minimum absolute atomic E-state index is 0.00751. The number of anilines is 2. The van der Waals surface area contributed by atoms with Gasteiger partial charge in [-0.2, -0.15) is 9.78 Å². The molecule has 2 heterocycles. The van der Waals surface area contributed by atoms with Crippen LogP contribution in [0.4, 0.5) is 11.5 Å². The van der Waals surface area contributed by atoms with Gasteiger partial charge in [-0.15, -0.1) is 5.10 Å². The Morgan fingerprint density at radius 1 is 1.21 bits per heavy atom. The molecule has 4 rings (SSSR count). The molecule has 33 heavy (non-hydrogen) atoms. The Bertz CT molecular complexity index is 1300. The second kappa shape index (κ2) is 9.67. The van der Waals surface area contributed by atoms with Gasteiger partial charge in [0.1, 0.15) is 0 Å². The van der Waals surface area contributed by atoms with E-state index < -0.39 is 5.91 Å². The van der Waals surface area contributed by atoms with Crippen molar-refractivity contribution in [3.8, 4) is 5.82 Å². The van der Waals surface area contributed by atoms with Crippen LogP contribution in [0, 0.1) is 0 Å². The third-order valence-electron chi connectivity index (χ3n) is 4.58. The van der Waals surface area contributed by atoms with Crippen LogP contribution in [0.25, 0.3) is 5.82 Å². The van der Waals surface area contributed by atoms with Gasteiger partial charge in [0.25, 0.3) is 5.91 Å². The van der Waals surface area contributed by atoms with Gasteiger partial charge >= 0.3 is 0 Å². The van der Waals surface area contributed by atoms with E-state index in [1.165, 1.54) is 10.9 Å². The molecule has 0 aliphatic rings. The summed E-state index contributed by atoms with van der Waals surface area (Å²) in [7, 11) is 1.86. The summed E-state index contributed by atoms with van der Waals surface area (Å²) in [6.07, 6.45) is 1.43. The van der Waals surface area contributed by atoms with Crippen molar-refractivity contribution in [1.29, 1.82) is 0 Å². The number of aromatic nitrogens is 5. The van der Waals surface area contributed by atoms with Crippen LogP contribution in [0.5, 0.6) is 0 Å². The molecular formula is C20H17Cl2N9O2. The molecule has 0 radical (unpaired) electrons. The van der Waals surface area contributed by atoms with E-state index in [4.69, 9.17) is 28.9 Å². The maximum Gasteiger partial charge on any atom is 0.293 e. The molecule has 1 amide bonds. The van der Waals surface area contributed by atoms with E-state index in [1.54, 1.807) is 18.2 Å². The highest BCUT2D eigenvalue weighted by molar-refractivity contribution is 6.42. The maximum atomic E-state index is 12.9. The molecule has 0 fully saturated rings. The molecule has 0 unspecified atom stereocenters. The average molecular weight is 486 g/mol. The number of hydrogen-bond donors (Lipinski definition) is 2. The Balaban J connectivity index is 1.60. The first-order chi connectivity index (χ1) is 15.9. The molecular weight excluding hydrogens is 469 g/mol. The maximum absolute atomic E-state index is 12.9. The minimum atomic E-state index is -0.580. The van der Waals surface area contributed by atoms with E-state index in [0.717, 1.165) is 5.69 Å². The van der Waals surface area contributed by atoms with Crippen molar-refractivity contribution < 1.29 is 9.42 Å². The Morgan fingerprint density at radius 3 is 2.70 bits per heavy atom. The van der Waals surface area contributed by atoms with Gasteiger partial charge < -0.3 is 10.6 Å². The topological polar surface area (TPSA) is 140 Å². The fourth-order valence-electron chi connectivity index (χ4n) is 2.94. The summed E-state index contributed by atoms with van der Waals surface area (Å²) in [5.41, 5.74) is 10.3. The van der Waals surface area contributed by atoms with Gasteiger partial charge in [0.15, 0.2) is 5.69 Å². The summed E-state index contributed by atoms with van der Waals surface area (Å²) in [5.74, 6) is -0.450. The SMILES string of the molecule is CN(Cc1c(C(=O)N/N=C\c2ccc(Cl)c(Cl)c2)nnn1-c1nonc1N)c1ccccc1. The number of hydrazone groups is 1. The van der Waals surface area contributed by atoms with Crippen molar-refractivity contribution in [1.82, 2.24) is 30.7 Å².